The average Bonchev–Trinajstić information content (AvgIpc) is 2.64. The molecule has 19 heavy (non-hydrogen) atoms. The van der Waals surface area contributed by atoms with E-state index in [1.54, 1.807) is 17.0 Å². The number of rotatable bonds is 1. The molecule has 2 heterocycles. The first-order chi connectivity index (χ1) is 8.80. The third-order valence-electron chi connectivity index (χ3n) is 3.63. The summed E-state index contributed by atoms with van der Waals surface area (Å²) >= 11 is 37.6. The number of hydrogen-bond donors (Lipinski definition) is 0. The lowest BCUT2D eigenvalue weighted by atomic mass is 9.87. The maximum atomic E-state index is 6.66. The summed E-state index contributed by atoms with van der Waals surface area (Å²) in [5.74, 6) is -0.156. The molecule has 1 aromatic carbocycles. The maximum Gasteiger partial charge on any atom is 0.216 e. The first-order valence-electron chi connectivity index (χ1n) is 5.45. The Labute approximate surface area is 140 Å². The minimum absolute atomic E-state index is 0.156. The number of nitrogens with zero attached hydrogens (tertiary/aromatic N) is 1. The molecule has 0 aromatic heterocycles. The molecule has 0 N–H and O–H groups in total. The molecule has 0 radical (unpaired) electrons. The summed E-state index contributed by atoms with van der Waals surface area (Å²) in [7, 11) is 0. The Morgan fingerprint density at radius 2 is 1.58 bits per heavy atom. The molecular formula is C12H7Cl6N. The van der Waals surface area contributed by atoms with Crippen LogP contribution in [0.4, 0.5) is 0 Å². The number of fused-ring (bicyclic) bond motifs is 2. The zero-order valence-electron chi connectivity index (χ0n) is 9.31. The molecule has 2 bridgehead atoms. The van der Waals surface area contributed by atoms with Gasteiger partial charge in [0.05, 0.1) is 5.03 Å². The summed E-state index contributed by atoms with van der Waals surface area (Å²) in [4.78, 5) is 0.467. The van der Waals surface area contributed by atoms with Gasteiger partial charge in [-0.3, -0.25) is 0 Å². The van der Waals surface area contributed by atoms with Gasteiger partial charge in [0.2, 0.25) is 4.46 Å². The number of hydrogen-bond acceptors (Lipinski definition) is 1. The molecular weight excluding hydrogens is 371 g/mol. The zero-order valence-corrected chi connectivity index (χ0v) is 13.8. The van der Waals surface area contributed by atoms with Crippen molar-refractivity contribution in [3.05, 3.63) is 45.0 Å². The average molecular weight is 378 g/mol. The summed E-state index contributed by atoms with van der Waals surface area (Å²) in [5.41, 5.74) is 0.967. The highest BCUT2D eigenvalue weighted by Gasteiger charge is 2.70. The molecule has 0 aliphatic carbocycles. The highest BCUT2D eigenvalue weighted by Crippen LogP contribution is 2.67. The van der Waals surface area contributed by atoms with E-state index in [9.17, 15) is 0 Å². The minimum Gasteiger partial charge on any atom is -0.327 e. The first kappa shape index (κ1) is 14.4. The monoisotopic (exact) mass is 375 g/mol. The van der Waals surface area contributed by atoms with Crippen LogP contribution in [0, 0.1) is 0 Å². The number of benzene rings is 1. The van der Waals surface area contributed by atoms with Gasteiger partial charge in [-0.25, -0.2) is 0 Å². The minimum atomic E-state index is -1.35. The second kappa shape index (κ2) is 4.50. The van der Waals surface area contributed by atoms with Crippen LogP contribution in [0.25, 0.3) is 0 Å². The highest BCUT2D eigenvalue weighted by atomic mass is 35.5. The van der Waals surface area contributed by atoms with Crippen LogP contribution in [0.15, 0.2) is 34.5 Å². The van der Waals surface area contributed by atoms with E-state index in [0.29, 0.717) is 16.7 Å². The van der Waals surface area contributed by atoms with Crippen molar-refractivity contribution in [2.75, 3.05) is 6.54 Å². The summed E-state index contributed by atoms with van der Waals surface area (Å²) in [5, 5.41) is 1.25. The van der Waals surface area contributed by atoms with E-state index in [2.05, 4.69) is 0 Å². The Balaban J connectivity index is 2.10. The molecule has 2 unspecified atom stereocenters. The van der Waals surface area contributed by atoms with Crippen molar-refractivity contribution in [3.8, 4) is 0 Å². The van der Waals surface area contributed by atoms with Gasteiger partial charge >= 0.3 is 0 Å². The van der Waals surface area contributed by atoms with Crippen LogP contribution in [-0.4, -0.2) is 20.8 Å². The van der Waals surface area contributed by atoms with Gasteiger partial charge < -0.3 is 4.90 Å². The van der Waals surface area contributed by atoms with Gasteiger partial charge in [0.15, 0.2) is 0 Å². The normalized spacial score (nSPS) is 32.3. The smallest absolute Gasteiger partial charge is 0.216 e. The van der Waals surface area contributed by atoms with Crippen molar-refractivity contribution in [1.29, 1.82) is 0 Å². The van der Waals surface area contributed by atoms with E-state index < -0.39 is 9.33 Å². The summed E-state index contributed by atoms with van der Waals surface area (Å²) in [6.45, 7) is 0.507. The predicted molar refractivity (Wildman–Crippen MR) is 82.7 cm³/mol. The molecule has 1 saturated heterocycles. The van der Waals surface area contributed by atoms with Crippen molar-refractivity contribution in [2.45, 2.75) is 15.2 Å². The van der Waals surface area contributed by atoms with Crippen molar-refractivity contribution < 1.29 is 0 Å². The van der Waals surface area contributed by atoms with Gasteiger partial charge in [0.1, 0.15) is 10.0 Å². The third-order valence-corrected chi connectivity index (χ3v) is 6.87. The van der Waals surface area contributed by atoms with Crippen molar-refractivity contribution in [3.63, 3.8) is 0 Å². The van der Waals surface area contributed by atoms with Crippen LogP contribution in [0.1, 0.15) is 11.5 Å². The van der Waals surface area contributed by atoms with Gasteiger partial charge in [0, 0.05) is 17.5 Å². The van der Waals surface area contributed by atoms with Crippen molar-refractivity contribution in [2.24, 2.45) is 0 Å². The first-order valence-corrected chi connectivity index (χ1v) is 7.72. The Morgan fingerprint density at radius 1 is 1.00 bits per heavy atom. The molecule has 1 nitrogen and oxygen atoms in total. The molecule has 2 atom stereocenters. The fourth-order valence-electron chi connectivity index (χ4n) is 2.62. The predicted octanol–water partition coefficient (Wildman–Crippen LogP) is 5.51. The lowest BCUT2D eigenvalue weighted by Gasteiger charge is -2.31. The summed E-state index contributed by atoms with van der Waals surface area (Å²) < 4.78 is -1.35. The highest BCUT2D eigenvalue weighted by molar-refractivity contribution is 6.59. The Morgan fingerprint density at radius 3 is 2.05 bits per heavy atom. The van der Waals surface area contributed by atoms with E-state index in [1.807, 2.05) is 12.1 Å². The van der Waals surface area contributed by atoms with Crippen molar-refractivity contribution in [1.82, 2.24) is 4.90 Å². The van der Waals surface area contributed by atoms with Crippen LogP contribution in [-0.2, 0) is 0 Å². The Kier molecular flexibility index (Phi) is 3.42. The van der Waals surface area contributed by atoms with Crippen LogP contribution in [0.3, 0.4) is 0 Å². The Hall–Kier alpha value is 0.500. The largest absolute Gasteiger partial charge is 0.327 e. The molecule has 0 saturated carbocycles. The van der Waals surface area contributed by atoms with Gasteiger partial charge in [-0.05, 0) is 17.7 Å². The lowest BCUT2D eigenvalue weighted by Crippen LogP contribution is -2.41. The summed E-state index contributed by atoms with van der Waals surface area (Å²) in [6, 6.07) is 7.37. The van der Waals surface area contributed by atoms with Crippen LogP contribution < -0.4 is 0 Å². The topological polar surface area (TPSA) is 3.24 Å². The molecule has 102 valence electrons. The van der Waals surface area contributed by atoms with Gasteiger partial charge in [-0.2, -0.15) is 0 Å². The second-order valence-corrected chi connectivity index (χ2v) is 7.63. The molecule has 3 rings (SSSR count). The second-order valence-electron chi connectivity index (χ2n) is 4.57. The van der Waals surface area contributed by atoms with E-state index >= 15 is 0 Å². The van der Waals surface area contributed by atoms with Crippen molar-refractivity contribution >= 4 is 69.6 Å². The quantitative estimate of drug-likeness (QED) is 0.461. The van der Waals surface area contributed by atoms with Crippen LogP contribution >= 0.6 is 69.6 Å². The fourth-order valence-corrected chi connectivity index (χ4v) is 4.84. The molecule has 0 amide bonds. The molecule has 0 spiro atoms. The third kappa shape index (κ3) is 1.76. The van der Waals surface area contributed by atoms with Crippen LogP contribution in [0.2, 0.25) is 5.02 Å². The van der Waals surface area contributed by atoms with E-state index in [4.69, 9.17) is 69.6 Å². The lowest BCUT2D eigenvalue weighted by molar-refractivity contribution is 0.394. The number of halogens is 6. The van der Waals surface area contributed by atoms with Crippen LogP contribution in [0.5, 0.6) is 0 Å². The standard InChI is InChI=1S/C12H7Cl6N/c13-7-3-1-6(2-4-7)8-5-19-10(15)9(14)11(8,16)12(19,17)18/h1-4,8H,5H2. The zero-order chi connectivity index (χ0) is 14.0. The fraction of sp³-hybridized carbons (Fsp3) is 0.333. The number of alkyl halides is 3. The van der Waals surface area contributed by atoms with E-state index in [-0.39, 0.29) is 11.0 Å². The molecule has 2 aliphatic rings. The van der Waals surface area contributed by atoms with Gasteiger partial charge in [-0.1, -0.05) is 70.1 Å². The van der Waals surface area contributed by atoms with Gasteiger partial charge in [-0.15, -0.1) is 11.6 Å². The Bertz CT molecular complexity index is 566. The van der Waals surface area contributed by atoms with E-state index in [0.717, 1.165) is 5.56 Å². The molecule has 2 aliphatic heterocycles. The molecule has 7 heteroatoms. The molecule has 1 aromatic rings. The van der Waals surface area contributed by atoms with E-state index in [1.165, 1.54) is 0 Å². The van der Waals surface area contributed by atoms with Gasteiger partial charge in [0.25, 0.3) is 0 Å². The molecule has 1 fully saturated rings. The SMILES string of the molecule is ClC1=C(Cl)C2(Cl)C(c3ccc(Cl)cc3)CN1C2(Cl)Cl. The summed E-state index contributed by atoms with van der Waals surface area (Å²) in [6.07, 6.45) is 0. The maximum absolute atomic E-state index is 6.66.